The Morgan fingerprint density at radius 1 is 1.44 bits per heavy atom. The Morgan fingerprint density at radius 3 is 2.69 bits per heavy atom. The zero-order chi connectivity index (χ0) is 11.6. The van der Waals surface area contributed by atoms with Crippen LogP contribution in [0.1, 0.15) is 25.7 Å². The Balaban J connectivity index is 1.76. The highest BCUT2D eigenvalue weighted by molar-refractivity contribution is 7.90. The SMILES string of the molecule is CS(=O)(=O)CC1(CNC2CCCOC2)CC1. The van der Waals surface area contributed by atoms with Crippen LogP contribution in [0.25, 0.3) is 0 Å². The van der Waals surface area contributed by atoms with Crippen molar-refractivity contribution in [3.8, 4) is 0 Å². The molecule has 4 nitrogen and oxygen atoms in total. The zero-order valence-electron chi connectivity index (χ0n) is 9.87. The first-order chi connectivity index (χ1) is 7.49. The molecule has 1 N–H and O–H groups in total. The number of rotatable bonds is 5. The maximum absolute atomic E-state index is 11.3. The van der Waals surface area contributed by atoms with Gasteiger partial charge in [-0.25, -0.2) is 8.42 Å². The molecule has 94 valence electrons. The Morgan fingerprint density at radius 2 is 2.19 bits per heavy atom. The van der Waals surface area contributed by atoms with E-state index in [-0.39, 0.29) is 5.41 Å². The van der Waals surface area contributed by atoms with Crippen LogP contribution in [0.5, 0.6) is 0 Å². The molecule has 1 aliphatic heterocycles. The maximum Gasteiger partial charge on any atom is 0.148 e. The molecule has 1 atom stereocenters. The third kappa shape index (κ3) is 3.71. The van der Waals surface area contributed by atoms with Gasteiger partial charge in [0.2, 0.25) is 0 Å². The van der Waals surface area contributed by atoms with E-state index >= 15 is 0 Å². The van der Waals surface area contributed by atoms with Crippen molar-refractivity contribution < 1.29 is 13.2 Å². The third-order valence-electron chi connectivity index (χ3n) is 3.45. The fourth-order valence-corrected chi connectivity index (χ4v) is 3.87. The number of nitrogens with one attached hydrogen (secondary N) is 1. The van der Waals surface area contributed by atoms with E-state index in [2.05, 4.69) is 5.32 Å². The molecule has 1 saturated carbocycles. The molecule has 1 heterocycles. The Bertz CT molecular complexity index is 329. The van der Waals surface area contributed by atoms with E-state index in [0.29, 0.717) is 11.8 Å². The van der Waals surface area contributed by atoms with Gasteiger partial charge in [-0.05, 0) is 31.1 Å². The molecule has 0 amide bonds. The fourth-order valence-electron chi connectivity index (χ4n) is 2.37. The first-order valence-corrected chi connectivity index (χ1v) is 8.04. The van der Waals surface area contributed by atoms with Crippen molar-refractivity contribution in [2.75, 3.05) is 31.8 Å². The van der Waals surface area contributed by atoms with Gasteiger partial charge >= 0.3 is 0 Å². The highest BCUT2D eigenvalue weighted by atomic mass is 32.2. The summed E-state index contributed by atoms with van der Waals surface area (Å²) in [6.45, 7) is 2.47. The average molecular weight is 247 g/mol. The van der Waals surface area contributed by atoms with Crippen LogP contribution < -0.4 is 5.32 Å². The van der Waals surface area contributed by atoms with Crippen LogP contribution in [0.15, 0.2) is 0 Å². The van der Waals surface area contributed by atoms with Gasteiger partial charge in [0.1, 0.15) is 9.84 Å². The summed E-state index contributed by atoms with van der Waals surface area (Å²) in [6, 6.07) is 0.422. The summed E-state index contributed by atoms with van der Waals surface area (Å²) in [5.41, 5.74) is 0.0328. The lowest BCUT2D eigenvalue weighted by Crippen LogP contribution is -2.41. The minimum Gasteiger partial charge on any atom is -0.380 e. The molecule has 2 fully saturated rings. The molecule has 0 bridgehead atoms. The number of hydrogen-bond donors (Lipinski definition) is 1. The van der Waals surface area contributed by atoms with Gasteiger partial charge in [-0.15, -0.1) is 0 Å². The maximum atomic E-state index is 11.3. The lowest BCUT2D eigenvalue weighted by atomic mass is 10.1. The van der Waals surface area contributed by atoms with Crippen LogP contribution in [0.3, 0.4) is 0 Å². The van der Waals surface area contributed by atoms with Crippen LogP contribution in [0.4, 0.5) is 0 Å². The van der Waals surface area contributed by atoms with Gasteiger partial charge in [0.25, 0.3) is 0 Å². The van der Waals surface area contributed by atoms with Crippen LogP contribution in [-0.4, -0.2) is 46.2 Å². The van der Waals surface area contributed by atoms with Gasteiger partial charge in [-0.1, -0.05) is 0 Å². The van der Waals surface area contributed by atoms with E-state index < -0.39 is 9.84 Å². The monoisotopic (exact) mass is 247 g/mol. The van der Waals surface area contributed by atoms with E-state index in [1.165, 1.54) is 6.26 Å². The summed E-state index contributed by atoms with van der Waals surface area (Å²) >= 11 is 0. The Labute approximate surface area is 97.7 Å². The number of ether oxygens (including phenoxy) is 1. The second-order valence-electron chi connectivity index (χ2n) is 5.37. The highest BCUT2D eigenvalue weighted by Crippen LogP contribution is 2.46. The molecule has 0 aromatic heterocycles. The lowest BCUT2D eigenvalue weighted by molar-refractivity contribution is 0.0690. The van der Waals surface area contributed by atoms with E-state index in [9.17, 15) is 8.42 Å². The van der Waals surface area contributed by atoms with Gasteiger partial charge in [-0.3, -0.25) is 0 Å². The van der Waals surface area contributed by atoms with E-state index in [4.69, 9.17) is 4.74 Å². The number of hydrogen-bond acceptors (Lipinski definition) is 4. The third-order valence-corrected chi connectivity index (χ3v) is 4.59. The number of sulfone groups is 1. The Kier molecular flexibility index (Phi) is 3.56. The molecule has 1 unspecified atom stereocenters. The molecule has 5 heteroatoms. The van der Waals surface area contributed by atoms with Gasteiger partial charge < -0.3 is 10.1 Å². The lowest BCUT2D eigenvalue weighted by Gasteiger charge is -2.25. The van der Waals surface area contributed by atoms with Crippen LogP contribution in [0.2, 0.25) is 0 Å². The van der Waals surface area contributed by atoms with E-state index in [1.54, 1.807) is 0 Å². The summed E-state index contributed by atoms with van der Waals surface area (Å²) in [5.74, 6) is 0.334. The second-order valence-corrected chi connectivity index (χ2v) is 7.51. The molecule has 0 aromatic carbocycles. The predicted octanol–water partition coefficient (Wildman–Crippen LogP) is 0.580. The molecular weight excluding hydrogens is 226 g/mol. The molecule has 0 spiro atoms. The Hall–Kier alpha value is -0.130. The van der Waals surface area contributed by atoms with E-state index in [1.807, 2.05) is 0 Å². The van der Waals surface area contributed by atoms with E-state index in [0.717, 1.165) is 45.4 Å². The van der Waals surface area contributed by atoms with Crippen molar-refractivity contribution in [1.82, 2.24) is 5.32 Å². The molecule has 0 radical (unpaired) electrons. The molecule has 2 rings (SSSR count). The molecule has 0 aromatic rings. The molecular formula is C11H21NO3S. The molecule has 1 saturated heterocycles. The van der Waals surface area contributed by atoms with Crippen molar-refractivity contribution in [3.63, 3.8) is 0 Å². The molecule has 16 heavy (non-hydrogen) atoms. The first-order valence-electron chi connectivity index (χ1n) is 5.98. The summed E-state index contributed by atoms with van der Waals surface area (Å²) in [5, 5.41) is 3.46. The standard InChI is InChI=1S/C11H21NO3S/c1-16(13,14)9-11(4-5-11)8-12-10-3-2-6-15-7-10/h10,12H,2-9H2,1H3. The molecule has 1 aliphatic carbocycles. The van der Waals surface area contributed by atoms with Crippen LogP contribution in [0, 0.1) is 5.41 Å². The van der Waals surface area contributed by atoms with Crippen molar-refractivity contribution in [3.05, 3.63) is 0 Å². The van der Waals surface area contributed by atoms with Gasteiger partial charge in [-0.2, -0.15) is 0 Å². The van der Waals surface area contributed by atoms with Crippen molar-refractivity contribution in [2.24, 2.45) is 5.41 Å². The van der Waals surface area contributed by atoms with Gasteiger partial charge in [0.05, 0.1) is 12.4 Å². The normalized spacial score (nSPS) is 28.9. The van der Waals surface area contributed by atoms with Gasteiger partial charge in [0, 0.05) is 25.4 Å². The topological polar surface area (TPSA) is 55.4 Å². The first kappa shape index (κ1) is 12.3. The summed E-state index contributed by atoms with van der Waals surface area (Å²) in [6.07, 6.45) is 5.67. The van der Waals surface area contributed by atoms with Crippen molar-refractivity contribution in [1.29, 1.82) is 0 Å². The fraction of sp³-hybridized carbons (Fsp3) is 1.00. The quantitative estimate of drug-likeness (QED) is 0.772. The smallest absolute Gasteiger partial charge is 0.148 e. The second kappa shape index (κ2) is 4.63. The van der Waals surface area contributed by atoms with Crippen molar-refractivity contribution >= 4 is 9.84 Å². The summed E-state index contributed by atoms with van der Waals surface area (Å²) in [4.78, 5) is 0. The minimum absolute atomic E-state index is 0.0328. The highest BCUT2D eigenvalue weighted by Gasteiger charge is 2.45. The average Bonchev–Trinajstić information content (AvgIpc) is 2.95. The largest absolute Gasteiger partial charge is 0.380 e. The van der Waals surface area contributed by atoms with Crippen LogP contribution >= 0.6 is 0 Å². The summed E-state index contributed by atoms with van der Waals surface area (Å²) < 4.78 is 28.0. The predicted molar refractivity (Wildman–Crippen MR) is 63.2 cm³/mol. The van der Waals surface area contributed by atoms with Crippen LogP contribution in [-0.2, 0) is 14.6 Å². The van der Waals surface area contributed by atoms with Crippen molar-refractivity contribution in [2.45, 2.75) is 31.7 Å². The minimum atomic E-state index is -2.84. The summed E-state index contributed by atoms with van der Waals surface area (Å²) in [7, 11) is -2.84. The molecule has 2 aliphatic rings. The van der Waals surface area contributed by atoms with Gasteiger partial charge in [0.15, 0.2) is 0 Å². The zero-order valence-corrected chi connectivity index (χ0v) is 10.7.